The Kier molecular flexibility index (Phi) is 7.47. The Morgan fingerprint density at radius 1 is 1.14 bits per heavy atom. The van der Waals surface area contributed by atoms with E-state index in [1.165, 1.54) is 10.7 Å². The minimum Gasteiger partial charge on any atom is -0.497 e. The maximum absolute atomic E-state index is 12.3. The molecule has 0 aliphatic rings. The lowest BCUT2D eigenvalue weighted by atomic mass is 10.2. The normalized spacial score (nSPS) is 12.1. The molecule has 0 saturated heterocycles. The van der Waals surface area contributed by atoms with Crippen molar-refractivity contribution in [2.75, 3.05) is 20.3 Å². The molecule has 1 aromatic carbocycles. The Bertz CT molecular complexity index is 845. The number of nitrogens with zero attached hydrogens (tertiary/aromatic N) is 2. The highest BCUT2D eigenvalue weighted by Gasteiger charge is 2.36. The van der Waals surface area contributed by atoms with Gasteiger partial charge in [-0.1, -0.05) is 32.9 Å². The summed E-state index contributed by atoms with van der Waals surface area (Å²) in [5.41, 5.74) is 0.748. The zero-order valence-electron chi connectivity index (χ0n) is 17.4. The van der Waals surface area contributed by atoms with Gasteiger partial charge in [0.2, 0.25) is 5.88 Å². The predicted octanol–water partition coefficient (Wildman–Crippen LogP) is 4.46. The summed E-state index contributed by atoms with van der Waals surface area (Å²) in [6.07, 6.45) is 0. The van der Waals surface area contributed by atoms with Gasteiger partial charge >= 0.3 is 0 Å². The average molecular weight is 469 g/mol. The number of hydrogen-bond acceptors (Lipinski definition) is 5. The number of halogens is 1. The molecule has 154 valence electrons. The van der Waals surface area contributed by atoms with Crippen LogP contribution in [0.3, 0.4) is 0 Å². The summed E-state index contributed by atoms with van der Waals surface area (Å²) in [6, 6.07) is 9.00. The Hall–Kier alpha value is -1.64. The van der Waals surface area contributed by atoms with Gasteiger partial charge in [-0.2, -0.15) is 0 Å². The largest absolute Gasteiger partial charge is 0.497 e. The van der Waals surface area contributed by atoms with Crippen molar-refractivity contribution in [1.82, 2.24) is 9.78 Å². The molecular weight excluding hydrogens is 440 g/mol. The van der Waals surface area contributed by atoms with E-state index < -0.39 is 8.32 Å². The van der Waals surface area contributed by atoms with Crippen LogP contribution in [0.2, 0.25) is 18.1 Å². The van der Waals surface area contributed by atoms with Crippen LogP contribution in [0.15, 0.2) is 39.6 Å². The maximum Gasteiger partial charge on any atom is 0.268 e. The third-order valence-corrected chi connectivity index (χ3v) is 10.1. The van der Waals surface area contributed by atoms with E-state index in [2.05, 4.69) is 54.9 Å². The fourth-order valence-electron chi connectivity index (χ4n) is 2.22. The van der Waals surface area contributed by atoms with Crippen LogP contribution in [0, 0.1) is 0 Å². The first kappa shape index (κ1) is 22.6. The molecule has 0 spiro atoms. The van der Waals surface area contributed by atoms with Crippen LogP contribution in [0.5, 0.6) is 11.6 Å². The van der Waals surface area contributed by atoms with Crippen molar-refractivity contribution >= 4 is 24.2 Å². The maximum atomic E-state index is 12.3. The topological polar surface area (TPSA) is 62.6 Å². The van der Waals surface area contributed by atoms with Gasteiger partial charge in [0.1, 0.15) is 12.4 Å². The van der Waals surface area contributed by atoms with E-state index in [1.807, 2.05) is 24.3 Å². The minimum atomic E-state index is -1.81. The van der Waals surface area contributed by atoms with E-state index in [0.717, 1.165) is 11.3 Å². The van der Waals surface area contributed by atoms with Crippen LogP contribution >= 0.6 is 15.9 Å². The summed E-state index contributed by atoms with van der Waals surface area (Å²) in [5.74, 6) is 1.15. The van der Waals surface area contributed by atoms with E-state index in [1.54, 1.807) is 7.11 Å². The summed E-state index contributed by atoms with van der Waals surface area (Å²) in [4.78, 5) is 12.3. The first-order valence-corrected chi connectivity index (χ1v) is 12.9. The summed E-state index contributed by atoms with van der Waals surface area (Å²) in [6.45, 7) is 12.2. The Morgan fingerprint density at radius 2 is 1.79 bits per heavy atom. The van der Waals surface area contributed by atoms with Gasteiger partial charge in [0, 0.05) is 6.07 Å². The quantitative estimate of drug-likeness (QED) is 0.422. The van der Waals surface area contributed by atoms with Crippen LogP contribution in [-0.2, 0) is 11.0 Å². The van der Waals surface area contributed by atoms with Gasteiger partial charge in [-0.15, -0.1) is 5.10 Å². The predicted molar refractivity (Wildman–Crippen MR) is 117 cm³/mol. The fraction of sp³-hybridized carbons (Fsp3) is 0.500. The highest BCUT2D eigenvalue weighted by atomic mass is 79.9. The highest BCUT2D eigenvalue weighted by Crippen LogP contribution is 2.36. The molecular formula is C20H29BrN2O4Si. The SMILES string of the molecule is COc1ccc(Cn2nc(OCCO[Si](C)(C)C(C)(C)C)c(Br)cc2=O)cc1. The standard InChI is InChI=1S/C20H29BrN2O4Si/c1-20(2,3)28(5,6)27-12-11-26-19-17(21)13-18(24)23(22-19)14-15-7-9-16(25-4)10-8-15/h7-10,13H,11-12,14H2,1-6H3. The molecule has 0 amide bonds. The molecule has 1 aromatic heterocycles. The van der Waals surface area contributed by atoms with Gasteiger partial charge in [-0.05, 0) is 51.8 Å². The van der Waals surface area contributed by atoms with E-state index in [4.69, 9.17) is 13.9 Å². The molecule has 0 aliphatic carbocycles. The Balaban J connectivity index is 2.03. The number of hydrogen-bond donors (Lipinski definition) is 0. The lowest BCUT2D eigenvalue weighted by Crippen LogP contribution is -2.41. The molecule has 1 heterocycles. The third kappa shape index (κ3) is 5.92. The fourth-order valence-corrected chi connectivity index (χ4v) is 3.63. The monoisotopic (exact) mass is 468 g/mol. The lowest BCUT2D eigenvalue weighted by Gasteiger charge is -2.36. The molecule has 2 aromatic rings. The number of benzene rings is 1. The van der Waals surface area contributed by atoms with Crippen molar-refractivity contribution in [3.8, 4) is 11.6 Å². The van der Waals surface area contributed by atoms with Gasteiger partial charge in [0.15, 0.2) is 8.32 Å². The van der Waals surface area contributed by atoms with Gasteiger partial charge in [-0.3, -0.25) is 4.79 Å². The van der Waals surface area contributed by atoms with E-state index in [-0.39, 0.29) is 10.6 Å². The van der Waals surface area contributed by atoms with Crippen molar-refractivity contribution in [1.29, 1.82) is 0 Å². The second kappa shape index (κ2) is 9.24. The summed E-state index contributed by atoms with van der Waals surface area (Å²) in [5, 5.41) is 4.50. The molecule has 28 heavy (non-hydrogen) atoms. The average Bonchev–Trinajstić information content (AvgIpc) is 2.61. The number of aromatic nitrogens is 2. The molecule has 6 nitrogen and oxygen atoms in total. The first-order chi connectivity index (χ1) is 13.0. The smallest absolute Gasteiger partial charge is 0.268 e. The zero-order chi connectivity index (χ0) is 20.9. The van der Waals surface area contributed by atoms with Crippen LogP contribution in [0.4, 0.5) is 0 Å². The summed E-state index contributed by atoms with van der Waals surface area (Å²) in [7, 11) is -0.194. The number of rotatable bonds is 8. The lowest BCUT2D eigenvalue weighted by molar-refractivity contribution is 0.195. The third-order valence-electron chi connectivity index (χ3n) is 5.00. The molecule has 0 bridgehead atoms. The number of ether oxygens (including phenoxy) is 2. The Labute approximate surface area is 176 Å². The van der Waals surface area contributed by atoms with Gasteiger partial charge in [0.25, 0.3) is 5.56 Å². The van der Waals surface area contributed by atoms with Crippen LogP contribution in [0.25, 0.3) is 0 Å². The van der Waals surface area contributed by atoms with Crippen molar-refractivity contribution in [3.05, 3.63) is 50.7 Å². The molecule has 8 heteroatoms. The van der Waals surface area contributed by atoms with Gasteiger partial charge in [-0.25, -0.2) is 4.68 Å². The second-order valence-corrected chi connectivity index (χ2v) is 13.8. The van der Waals surface area contributed by atoms with Crippen LogP contribution in [-0.4, -0.2) is 38.4 Å². The van der Waals surface area contributed by atoms with Crippen molar-refractivity contribution in [2.45, 2.75) is 45.4 Å². The van der Waals surface area contributed by atoms with Crippen molar-refractivity contribution in [3.63, 3.8) is 0 Å². The first-order valence-electron chi connectivity index (χ1n) is 9.21. The molecule has 0 N–H and O–H groups in total. The van der Waals surface area contributed by atoms with E-state index in [9.17, 15) is 4.79 Å². The minimum absolute atomic E-state index is 0.150. The van der Waals surface area contributed by atoms with E-state index in [0.29, 0.717) is 30.1 Å². The molecule has 0 unspecified atom stereocenters. The van der Waals surface area contributed by atoms with Crippen molar-refractivity contribution in [2.24, 2.45) is 0 Å². The Morgan fingerprint density at radius 3 is 2.36 bits per heavy atom. The molecule has 2 rings (SSSR count). The van der Waals surface area contributed by atoms with Gasteiger partial charge in [0.05, 0.1) is 24.7 Å². The molecule has 0 saturated carbocycles. The highest BCUT2D eigenvalue weighted by molar-refractivity contribution is 9.10. The van der Waals surface area contributed by atoms with E-state index >= 15 is 0 Å². The summed E-state index contributed by atoms with van der Waals surface area (Å²) < 4.78 is 19.0. The zero-order valence-corrected chi connectivity index (χ0v) is 20.0. The molecule has 0 radical (unpaired) electrons. The molecule has 0 atom stereocenters. The van der Waals surface area contributed by atoms with Crippen molar-refractivity contribution < 1.29 is 13.9 Å². The van der Waals surface area contributed by atoms with Crippen LogP contribution in [0.1, 0.15) is 26.3 Å². The second-order valence-electron chi connectivity index (χ2n) is 8.10. The molecule has 0 fully saturated rings. The molecule has 0 aliphatic heterocycles. The van der Waals surface area contributed by atoms with Crippen LogP contribution < -0.4 is 15.0 Å². The summed E-state index contributed by atoms with van der Waals surface area (Å²) >= 11 is 3.36. The van der Waals surface area contributed by atoms with Gasteiger partial charge < -0.3 is 13.9 Å². The number of methoxy groups -OCH3 is 1.